The summed E-state index contributed by atoms with van der Waals surface area (Å²) < 4.78 is 21.6. The topological polar surface area (TPSA) is 97.1 Å². The van der Waals surface area contributed by atoms with Gasteiger partial charge >= 0.3 is 5.97 Å². The molecular weight excluding hydrogens is 362 g/mol. The highest BCUT2D eigenvalue weighted by Crippen LogP contribution is 2.51. The van der Waals surface area contributed by atoms with E-state index in [2.05, 4.69) is 0 Å². The molecule has 3 rings (SSSR count). The van der Waals surface area contributed by atoms with Crippen molar-refractivity contribution in [2.75, 3.05) is 21.3 Å². The van der Waals surface area contributed by atoms with Crippen LogP contribution in [0.15, 0.2) is 41.0 Å². The molecule has 0 aromatic heterocycles. The van der Waals surface area contributed by atoms with Gasteiger partial charge in [0.1, 0.15) is 11.3 Å². The fourth-order valence-corrected chi connectivity index (χ4v) is 3.94. The van der Waals surface area contributed by atoms with E-state index < -0.39 is 11.9 Å². The van der Waals surface area contributed by atoms with Crippen molar-refractivity contribution in [3.63, 3.8) is 0 Å². The fourth-order valence-electron chi connectivity index (χ4n) is 3.94. The molecule has 0 unspecified atom stereocenters. The molecule has 1 aromatic carbocycles. The maximum absolute atomic E-state index is 13.1. The minimum absolute atomic E-state index is 0.0639. The standard InChI is InChI=1S/C21H25NO6/c1-21(2)9-12(23)16-14(10-21)28-19(22)17(20(24)27-5)15(16)11-7-6-8-13(25-3)18(11)26-4/h6-8,15H,9-10,22H2,1-5H3/t15-/m0/s1. The second-order valence-corrected chi connectivity index (χ2v) is 7.67. The molecule has 0 amide bonds. The molecular formula is C21H25NO6. The maximum atomic E-state index is 13.1. The highest BCUT2D eigenvalue weighted by molar-refractivity contribution is 6.03. The molecule has 0 fully saturated rings. The first-order chi connectivity index (χ1) is 13.2. The number of rotatable bonds is 4. The lowest BCUT2D eigenvalue weighted by Crippen LogP contribution is -2.35. The number of para-hydroxylation sites is 1. The van der Waals surface area contributed by atoms with Crippen LogP contribution in [0.25, 0.3) is 0 Å². The molecule has 0 saturated heterocycles. The van der Waals surface area contributed by atoms with Gasteiger partial charge < -0.3 is 24.7 Å². The van der Waals surface area contributed by atoms with Crippen molar-refractivity contribution in [2.24, 2.45) is 11.1 Å². The number of allylic oxidation sites excluding steroid dienone is 2. The minimum Gasteiger partial charge on any atom is -0.493 e. The first-order valence-corrected chi connectivity index (χ1v) is 8.97. The van der Waals surface area contributed by atoms with E-state index in [1.54, 1.807) is 18.2 Å². The summed E-state index contributed by atoms with van der Waals surface area (Å²) in [5.74, 6) is -0.167. The average molecular weight is 387 g/mol. The molecule has 0 bridgehead atoms. The van der Waals surface area contributed by atoms with E-state index in [9.17, 15) is 9.59 Å². The van der Waals surface area contributed by atoms with Crippen molar-refractivity contribution in [2.45, 2.75) is 32.6 Å². The number of carbonyl (C=O) groups is 2. The zero-order chi connectivity index (χ0) is 20.6. The normalized spacial score (nSPS) is 21.0. The van der Waals surface area contributed by atoms with Crippen LogP contribution in [-0.4, -0.2) is 33.1 Å². The number of hydrogen-bond acceptors (Lipinski definition) is 7. The Kier molecular flexibility index (Phi) is 5.10. The Morgan fingerprint density at radius 2 is 1.89 bits per heavy atom. The number of hydrogen-bond donors (Lipinski definition) is 1. The largest absolute Gasteiger partial charge is 0.493 e. The highest BCUT2D eigenvalue weighted by atomic mass is 16.5. The quantitative estimate of drug-likeness (QED) is 0.794. The first kappa shape index (κ1) is 19.8. The summed E-state index contributed by atoms with van der Waals surface area (Å²) in [6.45, 7) is 3.99. The van der Waals surface area contributed by atoms with E-state index in [4.69, 9.17) is 24.7 Å². The lowest BCUT2D eigenvalue weighted by Gasteiger charge is -2.38. The summed E-state index contributed by atoms with van der Waals surface area (Å²) in [5.41, 5.74) is 6.96. The summed E-state index contributed by atoms with van der Waals surface area (Å²) in [5, 5.41) is 0. The third-order valence-electron chi connectivity index (χ3n) is 5.10. The molecule has 2 aliphatic rings. The van der Waals surface area contributed by atoms with Crippen molar-refractivity contribution in [1.29, 1.82) is 0 Å². The van der Waals surface area contributed by atoms with Gasteiger partial charge in [0.15, 0.2) is 17.3 Å². The average Bonchev–Trinajstić information content (AvgIpc) is 2.64. The van der Waals surface area contributed by atoms with Crippen LogP contribution < -0.4 is 15.2 Å². The van der Waals surface area contributed by atoms with Crippen LogP contribution in [0.2, 0.25) is 0 Å². The number of carbonyl (C=O) groups excluding carboxylic acids is 2. The minimum atomic E-state index is -0.759. The van der Waals surface area contributed by atoms with Gasteiger partial charge in [-0.05, 0) is 11.5 Å². The Hall–Kier alpha value is -2.96. The van der Waals surface area contributed by atoms with Crippen LogP contribution in [0.5, 0.6) is 11.5 Å². The molecule has 0 radical (unpaired) electrons. The maximum Gasteiger partial charge on any atom is 0.340 e. The molecule has 0 saturated carbocycles. The van der Waals surface area contributed by atoms with E-state index in [1.807, 2.05) is 13.8 Å². The molecule has 28 heavy (non-hydrogen) atoms. The smallest absolute Gasteiger partial charge is 0.340 e. The van der Waals surface area contributed by atoms with E-state index in [0.717, 1.165) is 0 Å². The number of ether oxygens (including phenoxy) is 4. The molecule has 1 heterocycles. The van der Waals surface area contributed by atoms with Crippen molar-refractivity contribution < 1.29 is 28.5 Å². The summed E-state index contributed by atoms with van der Waals surface area (Å²) in [6.07, 6.45) is 0.873. The SMILES string of the molecule is COC(=O)C1=C(N)OC2=C(C(=O)CC(C)(C)C2)[C@@H]1c1cccc(OC)c1OC. The van der Waals surface area contributed by atoms with E-state index >= 15 is 0 Å². The van der Waals surface area contributed by atoms with Gasteiger partial charge in [-0.25, -0.2) is 4.79 Å². The lowest BCUT2D eigenvalue weighted by molar-refractivity contribution is -0.136. The van der Waals surface area contributed by atoms with Gasteiger partial charge in [0.25, 0.3) is 0 Å². The molecule has 7 nitrogen and oxygen atoms in total. The van der Waals surface area contributed by atoms with Gasteiger partial charge in [-0.2, -0.15) is 0 Å². The molecule has 150 valence electrons. The lowest BCUT2D eigenvalue weighted by atomic mass is 9.70. The number of ketones is 1. The van der Waals surface area contributed by atoms with E-state index in [-0.39, 0.29) is 22.7 Å². The van der Waals surface area contributed by atoms with Crippen molar-refractivity contribution in [3.8, 4) is 11.5 Å². The van der Waals surface area contributed by atoms with Crippen molar-refractivity contribution in [3.05, 3.63) is 46.6 Å². The summed E-state index contributed by atoms with van der Waals surface area (Å²) >= 11 is 0. The molecule has 1 aliphatic carbocycles. The Labute approximate surface area is 164 Å². The Morgan fingerprint density at radius 3 is 2.50 bits per heavy atom. The second kappa shape index (κ2) is 7.22. The third-order valence-corrected chi connectivity index (χ3v) is 5.10. The number of nitrogens with two attached hydrogens (primary N) is 1. The number of Topliss-reactive ketones (excluding diaryl/α,β-unsaturated/α-hetero) is 1. The first-order valence-electron chi connectivity index (χ1n) is 8.97. The number of esters is 1. The van der Waals surface area contributed by atoms with Crippen LogP contribution >= 0.6 is 0 Å². The van der Waals surface area contributed by atoms with Crippen LogP contribution in [0.1, 0.15) is 38.2 Å². The molecule has 2 N–H and O–H groups in total. The predicted octanol–water partition coefficient (Wildman–Crippen LogP) is 2.80. The summed E-state index contributed by atoms with van der Waals surface area (Å²) in [4.78, 5) is 25.7. The van der Waals surface area contributed by atoms with Gasteiger partial charge in [0, 0.05) is 24.0 Å². The van der Waals surface area contributed by atoms with Gasteiger partial charge in [-0.15, -0.1) is 0 Å². The zero-order valence-electron chi connectivity index (χ0n) is 16.8. The number of benzene rings is 1. The Balaban J connectivity index is 2.29. The third kappa shape index (κ3) is 3.21. The Bertz CT molecular complexity index is 896. The Morgan fingerprint density at radius 1 is 1.18 bits per heavy atom. The molecule has 0 spiro atoms. The van der Waals surface area contributed by atoms with Gasteiger partial charge in [0.2, 0.25) is 5.88 Å². The van der Waals surface area contributed by atoms with Gasteiger partial charge in [-0.1, -0.05) is 26.0 Å². The molecule has 1 atom stereocenters. The van der Waals surface area contributed by atoms with Gasteiger partial charge in [0.05, 0.1) is 27.2 Å². The van der Waals surface area contributed by atoms with Crippen LogP contribution in [0.3, 0.4) is 0 Å². The molecule has 1 aliphatic heterocycles. The van der Waals surface area contributed by atoms with Crippen LogP contribution in [-0.2, 0) is 19.1 Å². The zero-order valence-corrected chi connectivity index (χ0v) is 16.8. The summed E-state index contributed by atoms with van der Waals surface area (Å²) in [7, 11) is 4.29. The van der Waals surface area contributed by atoms with Crippen LogP contribution in [0.4, 0.5) is 0 Å². The predicted molar refractivity (Wildman–Crippen MR) is 102 cm³/mol. The second-order valence-electron chi connectivity index (χ2n) is 7.67. The molecule has 1 aromatic rings. The van der Waals surface area contributed by atoms with Gasteiger partial charge in [-0.3, -0.25) is 4.79 Å². The van der Waals surface area contributed by atoms with Crippen molar-refractivity contribution >= 4 is 11.8 Å². The van der Waals surface area contributed by atoms with Crippen LogP contribution in [0, 0.1) is 5.41 Å². The fraction of sp³-hybridized carbons (Fsp3) is 0.429. The monoisotopic (exact) mass is 387 g/mol. The van der Waals surface area contributed by atoms with E-state index in [0.29, 0.717) is 41.2 Å². The highest BCUT2D eigenvalue weighted by Gasteiger charge is 2.46. The van der Waals surface area contributed by atoms with E-state index in [1.165, 1.54) is 21.3 Å². The number of methoxy groups -OCH3 is 3. The molecule has 7 heteroatoms. The summed E-state index contributed by atoms with van der Waals surface area (Å²) in [6, 6.07) is 5.30. The van der Waals surface area contributed by atoms with Crippen molar-refractivity contribution in [1.82, 2.24) is 0 Å².